The highest BCUT2D eigenvalue weighted by Crippen LogP contribution is 2.47. The molecular formula is C45H26N4S. The third kappa shape index (κ3) is 3.95. The minimum atomic E-state index is 0.655. The molecule has 0 bridgehead atoms. The Labute approximate surface area is 290 Å². The van der Waals surface area contributed by atoms with E-state index in [0.717, 1.165) is 22.3 Å². The van der Waals surface area contributed by atoms with Crippen molar-refractivity contribution in [3.63, 3.8) is 0 Å². The van der Waals surface area contributed by atoms with Crippen molar-refractivity contribution < 1.29 is 0 Å². The Morgan fingerprint density at radius 2 is 0.860 bits per heavy atom. The molecule has 0 amide bonds. The summed E-state index contributed by atoms with van der Waals surface area (Å²) in [6.45, 7) is 0. The van der Waals surface area contributed by atoms with E-state index in [1.807, 2.05) is 72.0 Å². The van der Waals surface area contributed by atoms with Gasteiger partial charge in [0.15, 0.2) is 17.5 Å². The zero-order valence-electron chi connectivity index (χ0n) is 26.7. The molecule has 5 heteroatoms. The van der Waals surface area contributed by atoms with Gasteiger partial charge in [0, 0.05) is 53.7 Å². The fourth-order valence-electron chi connectivity index (χ4n) is 7.75. The molecule has 11 rings (SSSR count). The van der Waals surface area contributed by atoms with Crippen molar-refractivity contribution in [2.45, 2.75) is 0 Å². The maximum atomic E-state index is 5.01. The van der Waals surface area contributed by atoms with E-state index >= 15 is 0 Å². The van der Waals surface area contributed by atoms with E-state index in [9.17, 15) is 0 Å². The number of para-hydroxylation sites is 2. The standard InChI is InChI=1S/C45H26N4S/c1-3-12-27(13-4-1)43-46-44(28-14-5-2-6-15-28)48-45(47-43)30-17-9-16-29(26-30)31-19-10-22-36-37-25-24-35-34-21-11-20-33-32-18-7-8-23-38(32)49(39(33)34)40(35)42(37)50-41(31)36/h1-26H. The molecule has 0 aliphatic heterocycles. The fraction of sp³-hybridized carbons (Fsp3) is 0. The maximum Gasteiger partial charge on any atom is 0.164 e. The van der Waals surface area contributed by atoms with Gasteiger partial charge in [-0.1, -0.05) is 146 Å². The first kappa shape index (κ1) is 27.5. The van der Waals surface area contributed by atoms with Crippen LogP contribution in [0.3, 0.4) is 0 Å². The third-order valence-corrected chi connectivity index (χ3v) is 11.2. The molecule has 0 saturated carbocycles. The SMILES string of the molecule is c1ccc(-c2nc(-c3ccccc3)nc(-c3cccc(-c4cccc5c4sc4c5ccc5c6cccc7c8ccccc8n(c76)c54)c3)n2)cc1. The Hall–Kier alpha value is -6.43. The van der Waals surface area contributed by atoms with Crippen molar-refractivity contribution in [1.29, 1.82) is 0 Å². The molecule has 0 atom stereocenters. The van der Waals surface area contributed by atoms with Gasteiger partial charge < -0.3 is 4.40 Å². The topological polar surface area (TPSA) is 43.1 Å². The molecule has 0 N–H and O–H groups in total. The Morgan fingerprint density at radius 3 is 1.62 bits per heavy atom. The van der Waals surface area contributed by atoms with Gasteiger partial charge in [-0.05, 0) is 23.3 Å². The molecule has 0 saturated heterocycles. The molecule has 0 aliphatic carbocycles. The van der Waals surface area contributed by atoms with Crippen LogP contribution in [0, 0.1) is 0 Å². The van der Waals surface area contributed by atoms with Crippen LogP contribution in [0.5, 0.6) is 0 Å². The number of hydrogen-bond acceptors (Lipinski definition) is 4. The molecule has 4 heterocycles. The number of rotatable bonds is 4. The molecule has 50 heavy (non-hydrogen) atoms. The van der Waals surface area contributed by atoms with Gasteiger partial charge in [-0.25, -0.2) is 15.0 Å². The van der Waals surface area contributed by atoms with Crippen molar-refractivity contribution in [3.8, 4) is 45.3 Å². The normalized spacial score (nSPS) is 12.0. The molecule has 0 fully saturated rings. The van der Waals surface area contributed by atoms with E-state index in [1.165, 1.54) is 63.8 Å². The van der Waals surface area contributed by atoms with E-state index in [0.29, 0.717) is 17.5 Å². The lowest BCUT2D eigenvalue weighted by Crippen LogP contribution is -2.00. The Morgan fingerprint density at radius 1 is 0.360 bits per heavy atom. The van der Waals surface area contributed by atoms with E-state index in [2.05, 4.69) is 101 Å². The average molecular weight is 655 g/mol. The molecule has 7 aromatic carbocycles. The Kier molecular flexibility index (Phi) is 5.80. The van der Waals surface area contributed by atoms with Gasteiger partial charge in [-0.3, -0.25) is 0 Å². The molecule has 0 unspecified atom stereocenters. The Balaban J connectivity index is 1.13. The Bertz CT molecular complexity index is 3030. The third-order valence-electron chi connectivity index (χ3n) is 9.98. The number of fused-ring (bicyclic) bond motifs is 10. The number of thiophene rings is 1. The van der Waals surface area contributed by atoms with Crippen molar-refractivity contribution in [1.82, 2.24) is 19.4 Å². The predicted octanol–water partition coefficient (Wildman–Crippen LogP) is 12.1. The van der Waals surface area contributed by atoms with Crippen LogP contribution in [0.4, 0.5) is 0 Å². The van der Waals surface area contributed by atoms with Crippen LogP contribution in [0.25, 0.3) is 104 Å². The van der Waals surface area contributed by atoms with Crippen molar-refractivity contribution >= 4 is 69.6 Å². The lowest BCUT2D eigenvalue weighted by atomic mass is 10.00. The van der Waals surface area contributed by atoms with Gasteiger partial charge in [-0.2, -0.15) is 0 Å². The minimum absolute atomic E-state index is 0.655. The maximum absolute atomic E-state index is 5.01. The van der Waals surface area contributed by atoms with Gasteiger partial charge in [0.2, 0.25) is 0 Å². The lowest BCUT2D eigenvalue weighted by molar-refractivity contribution is 1.07. The van der Waals surface area contributed by atoms with Crippen LogP contribution in [-0.4, -0.2) is 19.4 Å². The first-order valence-electron chi connectivity index (χ1n) is 16.8. The van der Waals surface area contributed by atoms with Crippen LogP contribution in [0.1, 0.15) is 0 Å². The van der Waals surface area contributed by atoms with Crippen LogP contribution in [-0.2, 0) is 0 Å². The lowest BCUT2D eigenvalue weighted by Gasteiger charge is -2.10. The summed E-state index contributed by atoms with van der Waals surface area (Å²) in [4.78, 5) is 14.9. The molecule has 0 spiro atoms. The summed E-state index contributed by atoms with van der Waals surface area (Å²) in [6.07, 6.45) is 0. The zero-order chi connectivity index (χ0) is 32.8. The molecule has 0 aliphatic rings. The van der Waals surface area contributed by atoms with Gasteiger partial charge in [0.05, 0.1) is 21.3 Å². The van der Waals surface area contributed by atoms with Crippen LogP contribution in [0.2, 0.25) is 0 Å². The quantitative estimate of drug-likeness (QED) is 0.190. The fourth-order valence-corrected chi connectivity index (χ4v) is 9.12. The van der Waals surface area contributed by atoms with Crippen molar-refractivity contribution in [3.05, 3.63) is 158 Å². The molecular weight excluding hydrogens is 629 g/mol. The first-order chi connectivity index (χ1) is 24.8. The summed E-state index contributed by atoms with van der Waals surface area (Å²) in [5, 5.41) is 7.79. The van der Waals surface area contributed by atoms with Crippen LogP contribution >= 0.6 is 11.3 Å². The molecule has 0 radical (unpaired) electrons. The number of nitrogens with zero attached hydrogens (tertiary/aromatic N) is 4. The minimum Gasteiger partial charge on any atom is -0.307 e. The second-order valence-corrected chi connectivity index (χ2v) is 13.8. The summed E-state index contributed by atoms with van der Waals surface area (Å²) in [6, 6.07) is 55.8. The number of benzene rings is 7. The van der Waals surface area contributed by atoms with Crippen molar-refractivity contribution in [2.75, 3.05) is 0 Å². The monoisotopic (exact) mass is 654 g/mol. The summed E-state index contributed by atoms with van der Waals surface area (Å²) in [5.74, 6) is 1.98. The van der Waals surface area contributed by atoms with Crippen molar-refractivity contribution in [2.24, 2.45) is 0 Å². The van der Waals surface area contributed by atoms with E-state index in [-0.39, 0.29) is 0 Å². The molecule has 232 valence electrons. The zero-order valence-corrected chi connectivity index (χ0v) is 27.5. The molecule has 4 aromatic heterocycles. The van der Waals surface area contributed by atoms with Gasteiger partial charge in [0.1, 0.15) is 0 Å². The second-order valence-electron chi connectivity index (χ2n) is 12.8. The van der Waals surface area contributed by atoms with E-state index < -0.39 is 0 Å². The van der Waals surface area contributed by atoms with Gasteiger partial charge in [0.25, 0.3) is 0 Å². The molecule has 11 aromatic rings. The first-order valence-corrected chi connectivity index (χ1v) is 17.6. The molecule has 4 nitrogen and oxygen atoms in total. The summed E-state index contributed by atoms with van der Waals surface area (Å²) >= 11 is 1.89. The summed E-state index contributed by atoms with van der Waals surface area (Å²) in [7, 11) is 0. The second kappa shape index (κ2) is 10.5. The van der Waals surface area contributed by atoms with E-state index in [1.54, 1.807) is 0 Å². The highest BCUT2D eigenvalue weighted by Gasteiger charge is 2.21. The highest BCUT2D eigenvalue weighted by molar-refractivity contribution is 7.27. The van der Waals surface area contributed by atoms with E-state index in [4.69, 9.17) is 15.0 Å². The largest absolute Gasteiger partial charge is 0.307 e. The average Bonchev–Trinajstić information content (AvgIpc) is 3.86. The van der Waals surface area contributed by atoms with Crippen LogP contribution < -0.4 is 0 Å². The highest BCUT2D eigenvalue weighted by atomic mass is 32.1. The smallest absolute Gasteiger partial charge is 0.164 e. The van der Waals surface area contributed by atoms with Gasteiger partial charge in [-0.15, -0.1) is 11.3 Å². The summed E-state index contributed by atoms with van der Waals surface area (Å²) in [5.41, 5.74) is 9.08. The predicted molar refractivity (Wildman–Crippen MR) is 209 cm³/mol. The van der Waals surface area contributed by atoms with Crippen LogP contribution in [0.15, 0.2) is 158 Å². The number of aromatic nitrogens is 4. The van der Waals surface area contributed by atoms with Gasteiger partial charge >= 0.3 is 0 Å². The number of hydrogen-bond donors (Lipinski definition) is 0. The summed E-state index contributed by atoms with van der Waals surface area (Å²) < 4.78 is 5.10.